The molecule has 2 amide bonds. The number of hydrogen-bond donors (Lipinski definition) is 1. The summed E-state index contributed by atoms with van der Waals surface area (Å²) in [5, 5.41) is 2.91. The topological polar surface area (TPSA) is 84.4 Å². The van der Waals surface area contributed by atoms with Crippen molar-refractivity contribution >= 4 is 29.2 Å². The largest absolute Gasteiger partial charge is 0.471 e. The number of alkyl halides is 2. The first kappa shape index (κ1) is 20.5. The Morgan fingerprint density at radius 1 is 1.40 bits per heavy atom. The lowest BCUT2D eigenvalue weighted by Crippen LogP contribution is -2.27. The van der Waals surface area contributed by atoms with Crippen LogP contribution in [0.25, 0.3) is 0 Å². The number of pyridine rings is 2. The smallest absolute Gasteiger partial charge is 0.272 e. The maximum absolute atomic E-state index is 12.9. The normalized spacial score (nSPS) is 16.6. The fourth-order valence-electron chi connectivity index (χ4n) is 3.33. The van der Waals surface area contributed by atoms with Crippen LogP contribution in [0.1, 0.15) is 47.3 Å². The van der Waals surface area contributed by atoms with E-state index in [0.717, 1.165) is 12.8 Å². The SMILES string of the molecule is CC(c1cnc(OCC(F)F)c(Cl)c1)N1Cc2c(ccnc2NC(=O)C2CC2)C1=O. The summed E-state index contributed by atoms with van der Waals surface area (Å²) in [6.45, 7) is 1.28. The summed E-state index contributed by atoms with van der Waals surface area (Å²) in [7, 11) is 0. The van der Waals surface area contributed by atoms with Crippen LogP contribution in [-0.2, 0) is 11.3 Å². The van der Waals surface area contributed by atoms with E-state index in [9.17, 15) is 18.4 Å². The monoisotopic (exact) mass is 436 g/mol. The summed E-state index contributed by atoms with van der Waals surface area (Å²) in [6, 6.07) is 2.78. The molecule has 10 heteroatoms. The molecular formula is C20H19ClF2N4O3. The van der Waals surface area contributed by atoms with Gasteiger partial charge in [-0.1, -0.05) is 11.6 Å². The molecule has 1 atom stereocenters. The minimum absolute atomic E-state index is 0.0220. The molecule has 30 heavy (non-hydrogen) atoms. The Kier molecular flexibility index (Phi) is 5.55. The lowest BCUT2D eigenvalue weighted by atomic mass is 10.1. The number of carbonyl (C=O) groups is 2. The van der Waals surface area contributed by atoms with E-state index in [1.807, 2.05) is 6.92 Å². The Hall–Kier alpha value is -2.81. The third-order valence-electron chi connectivity index (χ3n) is 5.19. The van der Waals surface area contributed by atoms with Gasteiger partial charge in [-0.2, -0.15) is 0 Å². The van der Waals surface area contributed by atoms with Gasteiger partial charge in [0.2, 0.25) is 11.8 Å². The van der Waals surface area contributed by atoms with Crippen molar-refractivity contribution in [3.8, 4) is 5.88 Å². The molecule has 0 radical (unpaired) electrons. The fraction of sp³-hybridized carbons (Fsp3) is 0.400. The summed E-state index contributed by atoms with van der Waals surface area (Å²) in [6.07, 6.45) is 2.05. The third-order valence-corrected chi connectivity index (χ3v) is 5.46. The quantitative estimate of drug-likeness (QED) is 0.712. The van der Waals surface area contributed by atoms with Gasteiger partial charge in [-0.3, -0.25) is 9.59 Å². The zero-order valence-corrected chi connectivity index (χ0v) is 16.8. The van der Waals surface area contributed by atoms with Crippen LogP contribution in [0.5, 0.6) is 5.88 Å². The fourth-order valence-corrected chi connectivity index (χ4v) is 3.56. The number of fused-ring (bicyclic) bond motifs is 1. The average molecular weight is 437 g/mol. The lowest BCUT2D eigenvalue weighted by Gasteiger charge is -2.24. The van der Waals surface area contributed by atoms with Gasteiger partial charge in [0.25, 0.3) is 12.3 Å². The van der Waals surface area contributed by atoms with E-state index >= 15 is 0 Å². The zero-order valence-electron chi connectivity index (χ0n) is 16.1. The average Bonchev–Trinajstić information content (AvgIpc) is 3.51. The summed E-state index contributed by atoms with van der Waals surface area (Å²) in [5.41, 5.74) is 1.78. The van der Waals surface area contributed by atoms with Crippen LogP contribution < -0.4 is 10.1 Å². The van der Waals surface area contributed by atoms with Gasteiger partial charge in [-0.25, -0.2) is 18.7 Å². The summed E-state index contributed by atoms with van der Waals surface area (Å²) < 4.78 is 29.5. The molecule has 1 fully saturated rings. The van der Waals surface area contributed by atoms with Crippen molar-refractivity contribution < 1.29 is 23.1 Å². The van der Waals surface area contributed by atoms with Gasteiger partial charge in [0, 0.05) is 29.4 Å². The molecular weight excluding hydrogens is 418 g/mol. The number of halogens is 3. The Balaban J connectivity index is 1.52. The van der Waals surface area contributed by atoms with Crippen LogP contribution in [0.2, 0.25) is 5.02 Å². The maximum Gasteiger partial charge on any atom is 0.272 e. The number of anilines is 1. The Labute approximate surface area is 176 Å². The molecule has 2 aliphatic rings. The van der Waals surface area contributed by atoms with E-state index in [0.29, 0.717) is 22.5 Å². The van der Waals surface area contributed by atoms with Crippen molar-refractivity contribution in [1.29, 1.82) is 0 Å². The molecule has 1 aliphatic heterocycles. The second-order valence-electron chi connectivity index (χ2n) is 7.32. The van der Waals surface area contributed by atoms with Crippen LogP contribution in [0.4, 0.5) is 14.6 Å². The Morgan fingerprint density at radius 2 is 2.17 bits per heavy atom. The number of rotatable bonds is 7. The van der Waals surface area contributed by atoms with E-state index < -0.39 is 19.1 Å². The number of ether oxygens (including phenoxy) is 1. The van der Waals surface area contributed by atoms with Crippen molar-refractivity contribution in [3.05, 3.63) is 46.2 Å². The van der Waals surface area contributed by atoms with Gasteiger partial charge in [0.05, 0.1) is 12.6 Å². The first-order valence-corrected chi connectivity index (χ1v) is 9.89. The zero-order chi connectivity index (χ0) is 21.4. The van der Waals surface area contributed by atoms with Crippen molar-refractivity contribution in [2.24, 2.45) is 5.92 Å². The molecule has 158 valence electrons. The number of aromatic nitrogens is 2. The maximum atomic E-state index is 12.9. The Morgan fingerprint density at radius 3 is 2.83 bits per heavy atom. The van der Waals surface area contributed by atoms with Gasteiger partial charge < -0.3 is 15.0 Å². The van der Waals surface area contributed by atoms with E-state index in [4.69, 9.17) is 16.3 Å². The second kappa shape index (κ2) is 8.14. The number of hydrogen-bond acceptors (Lipinski definition) is 5. The number of nitrogens with one attached hydrogen (secondary N) is 1. The predicted molar refractivity (Wildman–Crippen MR) is 105 cm³/mol. The van der Waals surface area contributed by atoms with E-state index in [1.165, 1.54) is 12.4 Å². The second-order valence-corrected chi connectivity index (χ2v) is 7.72. The molecule has 0 saturated heterocycles. The van der Waals surface area contributed by atoms with Crippen LogP contribution >= 0.6 is 11.6 Å². The first-order valence-electron chi connectivity index (χ1n) is 9.51. The number of amides is 2. The van der Waals surface area contributed by atoms with Gasteiger partial charge >= 0.3 is 0 Å². The molecule has 1 saturated carbocycles. The van der Waals surface area contributed by atoms with Crippen molar-refractivity contribution in [2.75, 3.05) is 11.9 Å². The summed E-state index contributed by atoms with van der Waals surface area (Å²) in [5.74, 6) is 0.0626. The molecule has 1 N–H and O–H groups in total. The third kappa shape index (κ3) is 4.07. The predicted octanol–water partition coefficient (Wildman–Crippen LogP) is 3.84. The summed E-state index contributed by atoms with van der Waals surface area (Å²) in [4.78, 5) is 34.9. The standard InChI is InChI=1S/C20H19ClF2N4O3/c1-10(12-6-15(21)19(25-7-12)30-9-16(22)23)27-8-14-13(20(27)29)4-5-24-17(14)26-18(28)11-2-3-11/h4-7,10-11,16H,2-3,8-9H2,1H3,(H,24,26,28). The van der Waals surface area contributed by atoms with E-state index in [2.05, 4.69) is 15.3 Å². The molecule has 1 unspecified atom stereocenters. The molecule has 0 bridgehead atoms. The van der Waals surface area contributed by atoms with Gasteiger partial charge in [-0.05, 0) is 37.5 Å². The van der Waals surface area contributed by atoms with Crippen LogP contribution in [0.3, 0.4) is 0 Å². The molecule has 2 aromatic rings. The number of carbonyl (C=O) groups excluding carboxylic acids is 2. The number of nitrogens with zero attached hydrogens (tertiary/aromatic N) is 3. The highest BCUT2D eigenvalue weighted by Crippen LogP contribution is 2.36. The molecule has 0 spiro atoms. The van der Waals surface area contributed by atoms with Crippen molar-refractivity contribution in [2.45, 2.75) is 38.8 Å². The van der Waals surface area contributed by atoms with Crippen molar-refractivity contribution in [1.82, 2.24) is 14.9 Å². The minimum atomic E-state index is -2.63. The first-order chi connectivity index (χ1) is 14.3. The van der Waals surface area contributed by atoms with E-state index in [-0.39, 0.29) is 35.2 Å². The van der Waals surface area contributed by atoms with Crippen molar-refractivity contribution in [3.63, 3.8) is 0 Å². The minimum Gasteiger partial charge on any atom is -0.471 e. The molecule has 7 nitrogen and oxygen atoms in total. The van der Waals surface area contributed by atoms with Crippen LogP contribution in [-0.4, -0.2) is 39.7 Å². The van der Waals surface area contributed by atoms with Gasteiger partial charge in [-0.15, -0.1) is 0 Å². The summed E-state index contributed by atoms with van der Waals surface area (Å²) >= 11 is 6.11. The molecule has 4 rings (SSSR count). The van der Waals surface area contributed by atoms with Gasteiger partial charge in [0.1, 0.15) is 10.8 Å². The van der Waals surface area contributed by atoms with Crippen LogP contribution in [0.15, 0.2) is 24.5 Å². The molecule has 3 heterocycles. The van der Waals surface area contributed by atoms with E-state index in [1.54, 1.807) is 17.0 Å². The molecule has 2 aromatic heterocycles. The van der Waals surface area contributed by atoms with Gasteiger partial charge in [0.15, 0.2) is 6.61 Å². The lowest BCUT2D eigenvalue weighted by molar-refractivity contribution is -0.117. The highest BCUT2D eigenvalue weighted by atomic mass is 35.5. The molecule has 0 aromatic carbocycles. The highest BCUT2D eigenvalue weighted by molar-refractivity contribution is 6.31. The Bertz CT molecular complexity index is 1000. The molecule has 1 aliphatic carbocycles. The van der Waals surface area contributed by atoms with Crippen LogP contribution in [0, 0.1) is 5.92 Å². The highest BCUT2D eigenvalue weighted by Gasteiger charge is 2.36.